The summed E-state index contributed by atoms with van der Waals surface area (Å²) in [4.78, 5) is 16.0. The predicted octanol–water partition coefficient (Wildman–Crippen LogP) is 4.51. The number of carbonyl (C=O) groups is 1. The van der Waals surface area contributed by atoms with Gasteiger partial charge in [-0.2, -0.15) is 0 Å². The van der Waals surface area contributed by atoms with Crippen molar-refractivity contribution in [2.75, 3.05) is 5.73 Å². The Kier molecular flexibility index (Phi) is 6.59. The van der Waals surface area contributed by atoms with Crippen molar-refractivity contribution >= 4 is 39.4 Å². The highest BCUT2D eigenvalue weighted by atomic mass is 79.9. The molecule has 1 heterocycles. The highest BCUT2D eigenvalue weighted by Crippen LogP contribution is 2.29. The van der Waals surface area contributed by atoms with Crippen LogP contribution in [0.1, 0.15) is 52.0 Å². The van der Waals surface area contributed by atoms with Crippen molar-refractivity contribution in [3.8, 4) is 11.8 Å². The van der Waals surface area contributed by atoms with Crippen LogP contribution >= 0.6 is 27.5 Å². The quantitative estimate of drug-likeness (QED) is 0.645. The second-order valence-electron chi connectivity index (χ2n) is 7.16. The molecule has 25 heavy (non-hydrogen) atoms. The molecule has 1 aromatic rings. The molecular formula is C18H23BrClN3O2. The third-order valence-corrected chi connectivity index (χ3v) is 5.14. The largest absolute Gasteiger partial charge is 0.444 e. The van der Waals surface area contributed by atoms with Gasteiger partial charge in [0.1, 0.15) is 11.4 Å². The summed E-state index contributed by atoms with van der Waals surface area (Å²) in [7, 11) is 0. The molecule has 0 saturated heterocycles. The normalized spacial score (nSPS) is 20.4. The van der Waals surface area contributed by atoms with Crippen molar-refractivity contribution in [3.63, 3.8) is 0 Å². The molecule has 0 spiro atoms. The van der Waals surface area contributed by atoms with Gasteiger partial charge in [-0.3, -0.25) is 0 Å². The summed E-state index contributed by atoms with van der Waals surface area (Å²) in [5, 5.41) is 3.42. The van der Waals surface area contributed by atoms with E-state index in [1.54, 1.807) is 0 Å². The number of nitrogen functional groups attached to an aromatic ring is 1. The predicted molar refractivity (Wildman–Crippen MR) is 103 cm³/mol. The third kappa shape index (κ3) is 6.09. The average molecular weight is 429 g/mol. The van der Waals surface area contributed by atoms with Gasteiger partial charge in [-0.1, -0.05) is 29.9 Å². The summed E-state index contributed by atoms with van der Waals surface area (Å²) in [6, 6.07) is 0.0705. The van der Waals surface area contributed by atoms with Crippen LogP contribution in [0.25, 0.3) is 0 Å². The maximum atomic E-state index is 11.9. The standard InChI is InChI=1S/C18H23BrClN3O2/c1-18(2,3)25-17(24)23-12-6-4-5-11(9-12)7-8-13-15(19)14(20)10-22-16(13)21/h10-12H,4-6,9H2,1-3H3,(H2,21,22)(H,23,24). The van der Waals surface area contributed by atoms with Crippen LogP contribution in [0, 0.1) is 17.8 Å². The molecule has 5 nitrogen and oxygen atoms in total. The van der Waals surface area contributed by atoms with Gasteiger partial charge in [-0.15, -0.1) is 0 Å². The second kappa shape index (κ2) is 8.29. The summed E-state index contributed by atoms with van der Waals surface area (Å²) in [6.07, 6.45) is 4.83. The van der Waals surface area contributed by atoms with Crippen LogP contribution in [0.15, 0.2) is 10.7 Å². The van der Waals surface area contributed by atoms with Gasteiger partial charge in [-0.25, -0.2) is 9.78 Å². The lowest BCUT2D eigenvalue weighted by Gasteiger charge is -2.28. The fourth-order valence-electron chi connectivity index (χ4n) is 2.70. The zero-order valence-electron chi connectivity index (χ0n) is 14.7. The first-order chi connectivity index (χ1) is 11.7. The number of hydrogen-bond acceptors (Lipinski definition) is 4. The van der Waals surface area contributed by atoms with E-state index in [1.165, 1.54) is 6.20 Å². The Morgan fingerprint density at radius 1 is 1.48 bits per heavy atom. The summed E-state index contributed by atoms with van der Waals surface area (Å²) in [5.74, 6) is 6.87. The third-order valence-electron chi connectivity index (χ3n) is 3.80. The first-order valence-electron chi connectivity index (χ1n) is 8.26. The van der Waals surface area contributed by atoms with Crippen LogP contribution in [-0.4, -0.2) is 22.7 Å². The van der Waals surface area contributed by atoms with Crippen LogP contribution in [0.3, 0.4) is 0 Å². The van der Waals surface area contributed by atoms with Gasteiger partial charge >= 0.3 is 6.09 Å². The molecule has 1 aliphatic carbocycles. The van der Waals surface area contributed by atoms with Gasteiger partial charge in [0, 0.05) is 18.2 Å². The highest BCUT2D eigenvalue weighted by molar-refractivity contribution is 9.10. The van der Waals surface area contributed by atoms with E-state index in [2.05, 4.69) is 38.1 Å². The lowest BCUT2D eigenvalue weighted by molar-refractivity contribution is 0.0489. The monoisotopic (exact) mass is 427 g/mol. The number of amides is 1. The van der Waals surface area contributed by atoms with Crippen LogP contribution in [0.5, 0.6) is 0 Å². The van der Waals surface area contributed by atoms with Crippen molar-refractivity contribution in [2.45, 2.75) is 58.1 Å². The summed E-state index contributed by atoms with van der Waals surface area (Å²) in [5.41, 5.74) is 5.99. The number of pyridine rings is 1. The van der Waals surface area contributed by atoms with Crippen LogP contribution in [-0.2, 0) is 4.74 Å². The molecule has 0 aliphatic heterocycles. The average Bonchev–Trinajstić information content (AvgIpc) is 2.49. The minimum Gasteiger partial charge on any atom is -0.444 e. The Hall–Kier alpha value is -1.45. The Bertz CT molecular complexity index is 707. The number of nitrogens with two attached hydrogens (primary N) is 1. The number of halogens is 2. The van der Waals surface area contributed by atoms with E-state index < -0.39 is 5.60 Å². The van der Waals surface area contributed by atoms with Crippen molar-refractivity contribution in [3.05, 3.63) is 21.3 Å². The lowest BCUT2D eigenvalue weighted by atomic mass is 9.86. The van der Waals surface area contributed by atoms with Crippen molar-refractivity contribution in [1.82, 2.24) is 10.3 Å². The molecule has 2 atom stereocenters. The number of rotatable bonds is 1. The minimum absolute atomic E-state index is 0.0705. The number of nitrogens with one attached hydrogen (secondary N) is 1. The van der Waals surface area contributed by atoms with Gasteiger partial charge in [0.15, 0.2) is 0 Å². The highest BCUT2D eigenvalue weighted by Gasteiger charge is 2.24. The molecule has 2 unspecified atom stereocenters. The van der Waals surface area contributed by atoms with Crippen molar-refractivity contribution < 1.29 is 9.53 Å². The van der Waals surface area contributed by atoms with Crippen molar-refractivity contribution in [1.29, 1.82) is 0 Å². The van der Waals surface area contributed by atoms with E-state index >= 15 is 0 Å². The first-order valence-corrected chi connectivity index (χ1v) is 9.43. The van der Waals surface area contributed by atoms with Gasteiger partial charge in [0.05, 0.1) is 15.1 Å². The van der Waals surface area contributed by atoms with Gasteiger partial charge < -0.3 is 15.8 Å². The first kappa shape index (κ1) is 19.9. The molecule has 0 bridgehead atoms. The van der Waals surface area contributed by atoms with Gasteiger partial charge in [-0.05, 0) is 56.0 Å². The summed E-state index contributed by atoms with van der Waals surface area (Å²) >= 11 is 9.45. The molecule has 136 valence electrons. The van der Waals surface area contributed by atoms with Gasteiger partial charge in [0.2, 0.25) is 0 Å². The molecule has 2 rings (SSSR count). The number of anilines is 1. The lowest BCUT2D eigenvalue weighted by Crippen LogP contribution is -2.41. The fraction of sp³-hybridized carbons (Fsp3) is 0.556. The molecule has 1 fully saturated rings. The maximum absolute atomic E-state index is 11.9. The number of alkyl carbamates (subject to hydrolysis) is 1. The fourth-order valence-corrected chi connectivity index (χ4v) is 3.25. The minimum atomic E-state index is -0.499. The SMILES string of the molecule is CC(C)(C)OC(=O)NC1CCCC(C#Cc2c(N)ncc(Cl)c2Br)C1. The van der Waals surface area contributed by atoms with E-state index in [0.29, 0.717) is 20.9 Å². The Labute approximate surface area is 162 Å². The number of ether oxygens (including phenoxy) is 1. The number of aromatic nitrogens is 1. The zero-order chi connectivity index (χ0) is 18.6. The smallest absolute Gasteiger partial charge is 0.407 e. The molecule has 1 amide bonds. The van der Waals surface area contributed by atoms with Crippen LogP contribution < -0.4 is 11.1 Å². The van der Waals surface area contributed by atoms with E-state index in [1.807, 2.05) is 20.8 Å². The van der Waals surface area contributed by atoms with Crippen molar-refractivity contribution in [2.24, 2.45) is 5.92 Å². The summed E-state index contributed by atoms with van der Waals surface area (Å²) < 4.78 is 5.98. The zero-order valence-corrected chi connectivity index (χ0v) is 17.0. The molecule has 1 aromatic heterocycles. The Morgan fingerprint density at radius 2 is 2.20 bits per heavy atom. The van der Waals surface area contributed by atoms with E-state index in [4.69, 9.17) is 22.1 Å². The van der Waals surface area contributed by atoms with E-state index in [9.17, 15) is 4.79 Å². The topological polar surface area (TPSA) is 77.2 Å². The molecule has 0 aromatic carbocycles. The van der Waals surface area contributed by atoms with Crippen LogP contribution in [0.2, 0.25) is 5.02 Å². The maximum Gasteiger partial charge on any atom is 0.407 e. The summed E-state index contributed by atoms with van der Waals surface area (Å²) in [6.45, 7) is 5.55. The number of nitrogens with zero attached hydrogens (tertiary/aromatic N) is 1. The Morgan fingerprint density at radius 3 is 2.88 bits per heavy atom. The van der Waals surface area contributed by atoms with Gasteiger partial charge in [0.25, 0.3) is 0 Å². The number of hydrogen-bond donors (Lipinski definition) is 2. The molecule has 3 N–H and O–H groups in total. The van der Waals surface area contributed by atoms with Crippen LogP contribution in [0.4, 0.5) is 10.6 Å². The number of carbonyl (C=O) groups excluding carboxylic acids is 1. The molecule has 1 saturated carbocycles. The molecular weight excluding hydrogens is 406 g/mol. The Balaban J connectivity index is 2.01. The second-order valence-corrected chi connectivity index (χ2v) is 8.36. The molecule has 0 radical (unpaired) electrons. The molecule has 1 aliphatic rings. The molecule has 7 heteroatoms. The van der Waals surface area contributed by atoms with E-state index in [0.717, 1.165) is 25.7 Å². The van der Waals surface area contributed by atoms with E-state index in [-0.39, 0.29) is 18.1 Å².